The summed E-state index contributed by atoms with van der Waals surface area (Å²) < 4.78 is 13.5. The van der Waals surface area contributed by atoms with Crippen LogP contribution in [0.2, 0.25) is 0 Å². The average molecular weight is 276 g/mol. The molecule has 0 amide bonds. The quantitative estimate of drug-likeness (QED) is 0.687. The molecule has 3 N–H and O–H groups in total. The Morgan fingerprint density at radius 1 is 1.50 bits per heavy atom. The summed E-state index contributed by atoms with van der Waals surface area (Å²) >= 11 is 1.21. The van der Waals surface area contributed by atoms with Gasteiger partial charge in [0.2, 0.25) is 5.82 Å². The van der Waals surface area contributed by atoms with Crippen molar-refractivity contribution in [2.24, 2.45) is 0 Å². The van der Waals surface area contributed by atoms with Crippen LogP contribution in [0.4, 0.5) is 4.39 Å². The molecule has 18 heavy (non-hydrogen) atoms. The fourth-order valence-electron chi connectivity index (χ4n) is 1.95. The third kappa shape index (κ3) is 2.23. The fourth-order valence-corrected chi connectivity index (χ4v) is 3.41. The molecular formula is C10H13FN2O4S. The number of nitrogens with zero attached hydrogens (tertiary/aromatic N) is 1. The summed E-state index contributed by atoms with van der Waals surface area (Å²) in [6.07, 6.45) is 1.89. The van der Waals surface area contributed by atoms with Crippen LogP contribution in [-0.2, 0) is 0 Å². The van der Waals surface area contributed by atoms with Gasteiger partial charge in [-0.3, -0.25) is 14.3 Å². The van der Waals surface area contributed by atoms with Crippen LogP contribution in [0.25, 0.3) is 0 Å². The summed E-state index contributed by atoms with van der Waals surface area (Å²) in [6.45, 7) is -0.434. The molecule has 6 nitrogen and oxygen atoms in total. The Hall–Kier alpha value is -1.12. The molecule has 1 aliphatic heterocycles. The van der Waals surface area contributed by atoms with Crippen LogP contribution in [-0.4, -0.2) is 37.7 Å². The maximum absolute atomic E-state index is 13.2. The van der Waals surface area contributed by atoms with Crippen molar-refractivity contribution in [2.45, 2.75) is 23.0 Å². The molecule has 0 aliphatic carbocycles. The molecule has 8 heteroatoms. The molecule has 1 aromatic rings. The van der Waals surface area contributed by atoms with Crippen LogP contribution in [0.15, 0.2) is 15.8 Å². The predicted molar refractivity (Wildman–Crippen MR) is 64.0 cm³/mol. The standard InChI is InChI=1S/C10H13FN2O4S/c11-6-3-13(9(17)12-8(6)16)7-1-2-10(4-14,5-15)18-7/h3,7,14-15H,1-2,4-5H2,(H,12,16,17). The Labute approximate surface area is 105 Å². The SMILES string of the molecule is O=c1[nH]c(=O)n(C2CCC(CO)(CO)S2)cc1F. The number of nitrogens with one attached hydrogen (secondary N) is 1. The number of hydrogen-bond acceptors (Lipinski definition) is 5. The number of aliphatic hydroxyl groups is 2. The molecule has 0 bridgehead atoms. The van der Waals surface area contributed by atoms with E-state index < -0.39 is 27.2 Å². The monoisotopic (exact) mass is 276 g/mol. The van der Waals surface area contributed by atoms with E-state index in [4.69, 9.17) is 0 Å². The first-order valence-electron chi connectivity index (χ1n) is 5.42. The van der Waals surface area contributed by atoms with Crippen LogP contribution >= 0.6 is 11.8 Å². The molecule has 1 aliphatic rings. The number of aromatic amines is 1. The Bertz CT molecular complexity index is 552. The smallest absolute Gasteiger partial charge is 0.329 e. The van der Waals surface area contributed by atoms with Gasteiger partial charge in [0.15, 0.2) is 0 Å². The van der Waals surface area contributed by atoms with E-state index in [1.807, 2.05) is 4.98 Å². The second kappa shape index (κ2) is 4.87. The molecule has 1 aromatic heterocycles. The zero-order valence-corrected chi connectivity index (χ0v) is 10.2. The van der Waals surface area contributed by atoms with Gasteiger partial charge in [0.25, 0.3) is 5.56 Å². The maximum atomic E-state index is 13.2. The van der Waals surface area contributed by atoms with Crippen molar-refractivity contribution in [3.05, 3.63) is 32.9 Å². The minimum absolute atomic E-state index is 0.217. The minimum Gasteiger partial charge on any atom is -0.395 e. The van der Waals surface area contributed by atoms with Gasteiger partial charge in [0, 0.05) is 0 Å². The van der Waals surface area contributed by atoms with E-state index in [0.717, 1.165) is 10.8 Å². The molecule has 0 saturated carbocycles. The lowest BCUT2D eigenvalue weighted by Crippen LogP contribution is -2.33. The molecule has 0 spiro atoms. The number of thioether (sulfide) groups is 1. The second-order valence-corrected chi connectivity index (χ2v) is 5.90. The number of hydrogen-bond donors (Lipinski definition) is 3. The fraction of sp³-hybridized carbons (Fsp3) is 0.600. The third-order valence-electron chi connectivity index (χ3n) is 3.04. The molecule has 2 heterocycles. The Balaban J connectivity index is 2.33. The summed E-state index contributed by atoms with van der Waals surface area (Å²) in [6, 6.07) is 0. The van der Waals surface area contributed by atoms with Gasteiger partial charge >= 0.3 is 5.69 Å². The van der Waals surface area contributed by atoms with Crippen molar-refractivity contribution in [3.8, 4) is 0 Å². The van der Waals surface area contributed by atoms with E-state index >= 15 is 0 Å². The summed E-state index contributed by atoms with van der Waals surface area (Å²) in [5, 5.41) is 18.1. The van der Waals surface area contributed by atoms with Crippen LogP contribution in [0.1, 0.15) is 18.2 Å². The molecule has 100 valence electrons. The Morgan fingerprint density at radius 3 is 2.72 bits per heavy atom. The van der Waals surface area contributed by atoms with E-state index in [0.29, 0.717) is 12.8 Å². The van der Waals surface area contributed by atoms with Crippen molar-refractivity contribution >= 4 is 11.8 Å². The van der Waals surface area contributed by atoms with Crippen molar-refractivity contribution in [3.63, 3.8) is 0 Å². The first-order valence-corrected chi connectivity index (χ1v) is 6.30. The number of rotatable bonds is 3. The average Bonchev–Trinajstić information content (AvgIpc) is 2.79. The highest BCUT2D eigenvalue weighted by Gasteiger charge is 2.40. The van der Waals surface area contributed by atoms with Crippen molar-refractivity contribution in [2.75, 3.05) is 13.2 Å². The maximum Gasteiger partial charge on any atom is 0.329 e. The first kappa shape index (κ1) is 13.3. The number of aliphatic hydroxyl groups excluding tert-OH is 2. The largest absolute Gasteiger partial charge is 0.395 e. The highest BCUT2D eigenvalue weighted by Crippen LogP contribution is 2.48. The highest BCUT2D eigenvalue weighted by atomic mass is 32.2. The van der Waals surface area contributed by atoms with Crippen LogP contribution in [0.3, 0.4) is 0 Å². The molecule has 1 atom stereocenters. The van der Waals surface area contributed by atoms with Gasteiger partial charge in [-0.15, -0.1) is 11.8 Å². The van der Waals surface area contributed by atoms with E-state index in [1.165, 1.54) is 11.8 Å². The van der Waals surface area contributed by atoms with Crippen LogP contribution in [0.5, 0.6) is 0 Å². The first-order chi connectivity index (χ1) is 8.51. The zero-order chi connectivity index (χ0) is 13.3. The number of H-pyrrole nitrogens is 1. The highest BCUT2D eigenvalue weighted by molar-refractivity contribution is 8.01. The molecule has 1 saturated heterocycles. The third-order valence-corrected chi connectivity index (χ3v) is 4.74. The molecule has 1 unspecified atom stereocenters. The van der Waals surface area contributed by atoms with Gasteiger partial charge in [0.1, 0.15) is 0 Å². The molecule has 1 fully saturated rings. The Morgan fingerprint density at radius 2 is 2.17 bits per heavy atom. The lowest BCUT2D eigenvalue weighted by Gasteiger charge is -2.23. The minimum atomic E-state index is -1.05. The van der Waals surface area contributed by atoms with Gasteiger partial charge in [-0.05, 0) is 12.8 Å². The molecule has 0 radical (unpaired) electrons. The van der Waals surface area contributed by atoms with Crippen LogP contribution in [0, 0.1) is 5.82 Å². The topological polar surface area (TPSA) is 95.3 Å². The van der Waals surface area contributed by atoms with E-state index in [-0.39, 0.29) is 13.2 Å². The van der Waals surface area contributed by atoms with Crippen molar-refractivity contribution < 1.29 is 14.6 Å². The number of aromatic nitrogens is 2. The summed E-state index contributed by atoms with van der Waals surface area (Å²) in [5.41, 5.74) is -1.74. The van der Waals surface area contributed by atoms with Gasteiger partial charge in [-0.1, -0.05) is 0 Å². The molecular weight excluding hydrogens is 263 g/mol. The van der Waals surface area contributed by atoms with Crippen LogP contribution < -0.4 is 11.2 Å². The predicted octanol–water partition coefficient (Wildman–Crippen LogP) is -0.575. The van der Waals surface area contributed by atoms with E-state index in [1.54, 1.807) is 0 Å². The normalized spacial score (nSPS) is 22.3. The molecule has 0 aromatic carbocycles. The summed E-state index contributed by atoms with van der Waals surface area (Å²) in [4.78, 5) is 24.4. The number of halogens is 1. The van der Waals surface area contributed by atoms with Crippen molar-refractivity contribution in [1.82, 2.24) is 9.55 Å². The Kier molecular flexibility index (Phi) is 3.60. The second-order valence-electron chi connectivity index (χ2n) is 4.25. The van der Waals surface area contributed by atoms with Crippen molar-refractivity contribution in [1.29, 1.82) is 0 Å². The lowest BCUT2D eigenvalue weighted by molar-refractivity contribution is 0.170. The zero-order valence-electron chi connectivity index (χ0n) is 9.43. The molecule has 2 rings (SSSR count). The van der Waals surface area contributed by atoms with E-state index in [2.05, 4.69) is 0 Å². The van der Waals surface area contributed by atoms with Gasteiger partial charge in [-0.2, -0.15) is 4.39 Å². The van der Waals surface area contributed by atoms with E-state index in [9.17, 15) is 24.2 Å². The summed E-state index contributed by atoms with van der Waals surface area (Å²) in [5.74, 6) is -1.03. The van der Waals surface area contributed by atoms with Gasteiger partial charge in [0.05, 0.1) is 29.5 Å². The van der Waals surface area contributed by atoms with Gasteiger partial charge < -0.3 is 10.2 Å². The van der Waals surface area contributed by atoms with Gasteiger partial charge in [-0.25, -0.2) is 4.79 Å². The lowest BCUT2D eigenvalue weighted by atomic mass is 10.1. The summed E-state index contributed by atoms with van der Waals surface area (Å²) in [7, 11) is 0.